The second kappa shape index (κ2) is 6.62. The normalized spacial score (nSPS) is 18.7. The molecule has 3 heteroatoms. The van der Waals surface area contributed by atoms with Gasteiger partial charge in [0, 0.05) is 7.05 Å². The zero-order valence-electron chi connectivity index (χ0n) is 9.50. The SMILES string of the molecule is C=CCOC(CC1CCCC1)C(=O)NC. The highest BCUT2D eigenvalue weighted by molar-refractivity contribution is 5.80. The molecular weight excluding hydrogens is 190 g/mol. The van der Waals surface area contributed by atoms with Gasteiger partial charge in [0.05, 0.1) is 6.61 Å². The number of nitrogens with one attached hydrogen (secondary N) is 1. The van der Waals surface area contributed by atoms with E-state index in [0.717, 1.165) is 6.42 Å². The van der Waals surface area contributed by atoms with Crippen molar-refractivity contribution in [3.8, 4) is 0 Å². The molecule has 15 heavy (non-hydrogen) atoms. The van der Waals surface area contributed by atoms with Crippen LogP contribution in [0.1, 0.15) is 32.1 Å². The Kier molecular flexibility index (Phi) is 5.40. The van der Waals surface area contributed by atoms with Crippen molar-refractivity contribution in [1.82, 2.24) is 5.32 Å². The van der Waals surface area contributed by atoms with Crippen LogP contribution in [-0.4, -0.2) is 25.7 Å². The number of carbonyl (C=O) groups is 1. The largest absolute Gasteiger partial charge is 0.364 e. The molecule has 1 aliphatic rings. The van der Waals surface area contributed by atoms with Gasteiger partial charge in [-0.25, -0.2) is 0 Å². The summed E-state index contributed by atoms with van der Waals surface area (Å²) in [5, 5.41) is 2.65. The Bertz CT molecular complexity index is 210. The fraction of sp³-hybridized carbons (Fsp3) is 0.750. The third kappa shape index (κ3) is 4.04. The first kappa shape index (κ1) is 12.2. The molecule has 0 aliphatic heterocycles. The van der Waals surface area contributed by atoms with Crippen LogP contribution in [0, 0.1) is 5.92 Å². The van der Waals surface area contributed by atoms with Crippen molar-refractivity contribution in [2.24, 2.45) is 5.92 Å². The van der Waals surface area contributed by atoms with Crippen molar-refractivity contribution in [1.29, 1.82) is 0 Å². The molecule has 1 N–H and O–H groups in total. The van der Waals surface area contributed by atoms with Crippen molar-refractivity contribution >= 4 is 5.91 Å². The summed E-state index contributed by atoms with van der Waals surface area (Å²) in [4.78, 5) is 11.5. The highest BCUT2D eigenvalue weighted by Crippen LogP contribution is 2.29. The van der Waals surface area contributed by atoms with E-state index in [1.165, 1.54) is 25.7 Å². The Balaban J connectivity index is 2.39. The molecule has 0 aromatic carbocycles. The summed E-state index contributed by atoms with van der Waals surface area (Å²) in [6.07, 6.45) is 7.32. The lowest BCUT2D eigenvalue weighted by Gasteiger charge is -2.18. The van der Waals surface area contributed by atoms with Crippen LogP contribution in [0.3, 0.4) is 0 Å². The standard InChI is InChI=1S/C12H21NO2/c1-3-8-15-11(12(14)13-2)9-10-6-4-5-7-10/h3,10-11H,1,4-9H2,2H3,(H,13,14). The molecule has 1 amide bonds. The Morgan fingerprint density at radius 3 is 2.80 bits per heavy atom. The van der Waals surface area contributed by atoms with Gasteiger partial charge in [-0.3, -0.25) is 4.79 Å². The molecule has 0 heterocycles. The number of ether oxygens (including phenoxy) is 1. The fourth-order valence-corrected chi connectivity index (χ4v) is 2.14. The van der Waals surface area contributed by atoms with E-state index in [1.54, 1.807) is 13.1 Å². The van der Waals surface area contributed by atoms with Crippen LogP contribution < -0.4 is 5.32 Å². The van der Waals surface area contributed by atoms with Crippen LogP contribution in [0.4, 0.5) is 0 Å². The summed E-state index contributed by atoms with van der Waals surface area (Å²) in [6, 6.07) is 0. The topological polar surface area (TPSA) is 38.3 Å². The van der Waals surface area contributed by atoms with Gasteiger partial charge in [-0.15, -0.1) is 6.58 Å². The minimum absolute atomic E-state index is 0.0104. The highest BCUT2D eigenvalue weighted by Gasteiger charge is 2.24. The van der Waals surface area contributed by atoms with Gasteiger partial charge in [-0.1, -0.05) is 31.8 Å². The van der Waals surface area contributed by atoms with Crippen LogP contribution in [0.25, 0.3) is 0 Å². The summed E-state index contributed by atoms with van der Waals surface area (Å²) >= 11 is 0. The molecule has 1 atom stereocenters. The Morgan fingerprint density at radius 1 is 1.60 bits per heavy atom. The second-order valence-electron chi connectivity index (χ2n) is 4.11. The fourth-order valence-electron chi connectivity index (χ4n) is 2.14. The van der Waals surface area contributed by atoms with Crippen LogP contribution >= 0.6 is 0 Å². The zero-order chi connectivity index (χ0) is 11.1. The van der Waals surface area contributed by atoms with Gasteiger partial charge in [0.25, 0.3) is 0 Å². The number of carbonyl (C=O) groups excluding carboxylic acids is 1. The van der Waals surface area contributed by atoms with Gasteiger partial charge in [0.15, 0.2) is 0 Å². The van der Waals surface area contributed by atoms with E-state index >= 15 is 0 Å². The molecule has 1 rings (SSSR count). The van der Waals surface area contributed by atoms with E-state index < -0.39 is 0 Å². The summed E-state index contributed by atoms with van der Waals surface area (Å²) in [6.45, 7) is 4.04. The molecule has 0 aromatic rings. The zero-order valence-corrected chi connectivity index (χ0v) is 9.50. The van der Waals surface area contributed by atoms with Crippen LogP contribution in [0.15, 0.2) is 12.7 Å². The monoisotopic (exact) mass is 211 g/mol. The number of hydrogen-bond donors (Lipinski definition) is 1. The lowest BCUT2D eigenvalue weighted by atomic mass is 9.99. The van der Waals surface area contributed by atoms with Gasteiger partial charge >= 0.3 is 0 Å². The van der Waals surface area contributed by atoms with Crippen molar-refractivity contribution in [2.75, 3.05) is 13.7 Å². The molecule has 1 aliphatic carbocycles. The molecule has 0 spiro atoms. The third-order valence-corrected chi connectivity index (χ3v) is 2.98. The van der Waals surface area contributed by atoms with Crippen molar-refractivity contribution in [3.63, 3.8) is 0 Å². The molecule has 3 nitrogen and oxygen atoms in total. The first-order valence-electron chi connectivity index (χ1n) is 5.72. The Morgan fingerprint density at radius 2 is 2.27 bits per heavy atom. The number of amides is 1. The van der Waals surface area contributed by atoms with E-state index in [0.29, 0.717) is 12.5 Å². The summed E-state index contributed by atoms with van der Waals surface area (Å²) in [7, 11) is 1.65. The summed E-state index contributed by atoms with van der Waals surface area (Å²) < 4.78 is 5.48. The lowest BCUT2D eigenvalue weighted by Crippen LogP contribution is -2.35. The first-order valence-corrected chi connectivity index (χ1v) is 5.72. The predicted octanol–water partition coefficient (Wildman–Crippen LogP) is 1.88. The van der Waals surface area contributed by atoms with Gasteiger partial charge in [-0.05, 0) is 12.3 Å². The number of rotatable bonds is 6. The van der Waals surface area contributed by atoms with Crippen LogP contribution in [0.2, 0.25) is 0 Å². The molecule has 1 fully saturated rings. The summed E-state index contributed by atoms with van der Waals surface area (Å²) in [5.41, 5.74) is 0. The molecule has 0 saturated heterocycles. The van der Waals surface area contributed by atoms with E-state index in [2.05, 4.69) is 11.9 Å². The quantitative estimate of drug-likeness (QED) is 0.681. The smallest absolute Gasteiger partial charge is 0.248 e. The van der Waals surface area contributed by atoms with E-state index in [9.17, 15) is 4.79 Å². The van der Waals surface area contributed by atoms with Crippen LogP contribution in [0.5, 0.6) is 0 Å². The van der Waals surface area contributed by atoms with E-state index in [1.807, 2.05) is 0 Å². The van der Waals surface area contributed by atoms with Gasteiger partial charge in [-0.2, -0.15) is 0 Å². The lowest BCUT2D eigenvalue weighted by molar-refractivity contribution is -0.132. The molecule has 1 saturated carbocycles. The molecule has 0 radical (unpaired) electrons. The maximum absolute atomic E-state index is 11.5. The van der Waals surface area contributed by atoms with Gasteiger partial charge in [0.2, 0.25) is 5.91 Å². The number of likely N-dealkylation sites (N-methyl/N-ethyl adjacent to an activating group) is 1. The van der Waals surface area contributed by atoms with Gasteiger partial charge < -0.3 is 10.1 Å². The Labute approximate surface area is 91.9 Å². The summed E-state index contributed by atoms with van der Waals surface area (Å²) in [5.74, 6) is 0.654. The highest BCUT2D eigenvalue weighted by atomic mass is 16.5. The van der Waals surface area contributed by atoms with Crippen molar-refractivity contribution < 1.29 is 9.53 Å². The van der Waals surface area contributed by atoms with Gasteiger partial charge in [0.1, 0.15) is 6.10 Å². The van der Waals surface area contributed by atoms with Crippen LogP contribution in [-0.2, 0) is 9.53 Å². The molecular formula is C12H21NO2. The third-order valence-electron chi connectivity index (χ3n) is 2.98. The predicted molar refractivity (Wildman–Crippen MR) is 60.6 cm³/mol. The molecule has 86 valence electrons. The second-order valence-corrected chi connectivity index (χ2v) is 4.11. The Hall–Kier alpha value is -0.830. The number of hydrogen-bond acceptors (Lipinski definition) is 2. The average Bonchev–Trinajstić information content (AvgIpc) is 2.75. The maximum atomic E-state index is 11.5. The molecule has 1 unspecified atom stereocenters. The van der Waals surface area contributed by atoms with Crippen molar-refractivity contribution in [3.05, 3.63) is 12.7 Å². The minimum atomic E-state index is -0.295. The maximum Gasteiger partial charge on any atom is 0.248 e. The average molecular weight is 211 g/mol. The first-order chi connectivity index (χ1) is 7.27. The van der Waals surface area contributed by atoms with E-state index in [4.69, 9.17) is 4.74 Å². The molecule has 0 aromatic heterocycles. The van der Waals surface area contributed by atoms with E-state index in [-0.39, 0.29) is 12.0 Å². The minimum Gasteiger partial charge on any atom is -0.364 e. The molecule has 0 bridgehead atoms. The van der Waals surface area contributed by atoms with Crippen molar-refractivity contribution in [2.45, 2.75) is 38.2 Å².